The summed E-state index contributed by atoms with van der Waals surface area (Å²) in [6.07, 6.45) is 4.36. The van der Waals surface area contributed by atoms with Crippen LogP contribution >= 0.6 is 0 Å². The fourth-order valence-electron chi connectivity index (χ4n) is 2.86. The number of benzene rings is 1. The van der Waals surface area contributed by atoms with Gasteiger partial charge in [0.05, 0.1) is 6.54 Å². The predicted molar refractivity (Wildman–Crippen MR) is 90.1 cm³/mol. The summed E-state index contributed by atoms with van der Waals surface area (Å²) < 4.78 is 11.4. The van der Waals surface area contributed by atoms with Gasteiger partial charge in [0.1, 0.15) is 17.1 Å². The van der Waals surface area contributed by atoms with Gasteiger partial charge in [-0.05, 0) is 37.5 Å². The number of nitrogens with one attached hydrogen (secondary N) is 1. The molecule has 0 saturated heterocycles. The third-order valence-corrected chi connectivity index (χ3v) is 4.23. The zero-order valence-electron chi connectivity index (χ0n) is 14.1. The summed E-state index contributed by atoms with van der Waals surface area (Å²) in [5.41, 5.74) is 2.14. The molecule has 0 radical (unpaired) electrons. The quantitative estimate of drug-likeness (QED) is 0.909. The molecule has 0 saturated carbocycles. The van der Waals surface area contributed by atoms with E-state index in [9.17, 15) is 9.59 Å². The minimum Gasteiger partial charge on any atom is -0.484 e. The van der Waals surface area contributed by atoms with Crippen molar-refractivity contribution in [2.45, 2.75) is 25.7 Å². The van der Waals surface area contributed by atoms with Crippen molar-refractivity contribution in [2.24, 2.45) is 0 Å². The second-order valence-electron chi connectivity index (χ2n) is 6.22. The van der Waals surface area contributed by atoms with E-state index in [2.05, 4.69) is 5.32 Å². The van der Waals surface area contributed by atoms with E-state index in [0.29, 0.717) is 5.75 Å². The van der Waals surface area contributed by atoms with E-state index in [0.717, 1.165) is 29.6 Å². The second-order valence-corrected chi connectivity index (χ2v) is 6.22. The highest BCUT2D eigenvalue weighted by atomic mass is 16.5. The van der Waals surface area contributed by atoms with Crippen LogP contribution in [0, 0.1) is 0 Å². The Hall–Kier alpha value is -2.50. The van der Waals surface area contributed by atoms with Crippen molar-refractivity contribution in [3.8, 4) is 5.75 Å². The van der Waals surface area contributed by atoms with Gasteiger partial charge in [0.15, 0.2) is 6.61 Å². The molecule has 6 heteroatoms. The van der Waals surface area contributed by atoms with Gasteiger partial charge in [-0.1, -0.05) is 0 Å². The van der Waals surface area contributed by atoms with Crippen LogP contribution in [0.2, 0.25) is 0 Å². The van der Waals surface area contributed by atoms with Crippen molar-refractivity contribution in [3.63, 3.8) is 0 Å². The Balaban J connectivity index is 1.61. The summed E-state index contributed by atoms with van der Waals surface area (Å²) in [5.74, 6) is 1.23. The lowest BCUT2D eigenvalue weighted by Crippen LogP contribution is -2.38. The van der Waals surface area contributed by atoms with E-state index < -0.39 is 0 Å². The molecule has 2 aromatic rings. The monoisotopic (exact) mass is 330 g/mol. The molecule has 0 unspecified atom stereocenters. The van der Waals surface area contributed by atoms with Crippen LogP contribution < -0.4 is 10.1 Å². The van der Waals surface area contributed by atoms with Gasteiger partial charge >= 0.3 is 0 Å². The molecule has 2 amide bonds. The van der Waals surface area contributed by atoms with E-state index in [1.807, 2.05) is 12.1 Å². The predicted octanol–water partition coefficient (Wildman–Crippen LogP) is 1.89. The van der Waals surface area contributed by atoms with Crippen molar-refractivity contribution in [2.75, 3.05) is 27.2 Å². The number of nitrogens with zero attached hydrogens (tertiary/aromatic N) is 1. The fourth-order valence-corrected chi connectivity index (χ4v) is 2.86. The van der Waals surface area contributed by atoms with E-state index in [4.69, 9.17) is 9.15 Å². The highest BCUT2D eigenvalue weighted by molar-refractivity contribution is 5.86. The molecule has 0 spiro atoms. The average molecular weight is 330 g/mol. The first-order valence-corrected chi connectivity index (χ1v) is 8.18. The van der Waals surface area contributed by atoms with E-state index >= 15 is 0 Å². The van der Waals surface area contributed by atoms with E-state index in [1.54, 1.807) is 20.2 Å². The van der Waals surface area contributed by atoms with Gasteiger partial charge in [-0.15, -0.1) is 0 Å². The first-order valence-electron chi connectivity index (χ1n) is 8.18. The third kappa shape index (κ3) is 3.53. The second kappa shape index (κ2) is 6.95. The number of aryl methyl sites for hydroxylation is 2. The Morgan fingerprint density at radius 3 is 2.83 bits per heavy atom. The molecule has 0 fully saturated rings. The number of fused-ring (bicyclic) bond motifs is 3. The van der Waals surface area contributed by atoms with Gasteiger partial charge in [0.2, 0.25) is 5.91 Å². The molecular formula is C18H22N2O4. The summed E-state index contributed by atoms with van der Waals surface area (Å²) in [6.45, 7) is -0.143. The maximum Gasteiger partial charge on any atom is 0.258 e. The smallest absolute Gasteiger partial charge is 0.258 e. The summed E-state index contributed by atoms with van der Waals surface area (Å²) in [7, 11) is 3.29. The van der Waals surface area contributed by atoms with E-state index in [1.165, 1.54) is 23.3 Å². The lowest BCUT2D eigenvalue weighted by molar-refractivity contribution is -0.131. The minimum atomic E-state index is -0.320. The molecule has 1 aliphatic carbocycles. The number of amides is 2. The van der Waals surface area contributed by atoms with Gasteiger partial charge in [0.25, 0.3) is 5.91 Å². The Labute approximate surface area is 140 Å². The summed E-state index contributed by atoms with van der Waals surface area (Å²) in [6, 6.07) is 5.62. The highest BCUT2D eigenvalue weighted by Gasteiger charge is 2.18. The molecule has 24 heavy (non-hydrogen) atoms. The standard InChI is InChI=1S/C18H22N2O4/c1-20(2)18(22)10-19-17(21)11-23-12-7-8-16-14(9-12)13-5-3-4-6-15(13)24-16/h7-9H,3-6,10-11H2,1-2H3,(H,19,21). The minimum absolute atomic E-state index is 0.0243. The van der Waals surface area contributed by atoms with Crippen LogP contribution in [0.5, 0.6) is 5.75 Å². The molecule has 0 aliphatic heterocycles. The zero-order valence-corrected chi connectivity index (χ0v) is 14.1. The summed E-state index contributed by atoms with van der Waals surface area (Å²) in [4.78, 5) is 24.6. The van der Waals surface area contributed by atoms with Crippen LogP contribution in [0.1, 0.15) is 24.2 Å². The van der Waals surface area contributed by atoms with Crippen molar-refractivity contribution in [3.05, 3.63) is 29.5 Å². The van der Waals surface area contributed by atoms with Gasteiger partial charge in [-0.25, -0.2) is 0 Å². The van der Waals surface area contributed by atoms with Crippen LogP contribution in [0.3, 0.4) is 0 Å². The van der Waals surface area contributed by atoms with Crippen molar-refractivity contribution in [1.82, 2.24) is 10.2 Å². The first kappa shape index (κ1) is 16.4. The summed E-state index contributed by atoms with van der Waals surface area (Å²) >= 11 is 0. The molecular weight excluding hydrogens is 308 g/mol. The Kier molecular flexibility index (Phi) is 4.74. The maximum absolute atomic E-state index is 11.8. The van der Waals surface area contributed by atoms with Gasteiger partial charge < -0.3 is 19.4 Å². The molecule has 1 aromatic carbocycles. The lowest BCUT2D eigenvalue weighted by Gasteiger charge is -2.11. The van der Waals surface area contributed by atoms with Gasteiger partial charge in [0, 0.05) is 31.5 Å². The Morgan fingerprint density at radius 2 is 2.04 bits per heavy atom. The number of ether oxygens (including phenoxy) is 1. The number of hydrogen-bond donors (Lipinski definition) is 1. The van der Waals surface area contributed by atoms with Crippen molar-refractivity contribution < 1.29 is 18.7 Å². The van der Waals surface area contributed by atoms with Crippen molar-refractivity contribution >= 4 is 22.8 Å². The third-order valence-electron chi connectivity index (χ3n) is 4.23. The zero-order chi connectivity index (χ0) is 17.1. The number of likely N-dealkylation sites (N-methyl/N-ethyl adjacent to an activating group) is 1. The molecule has 1 aromatic heterocycles. The molecule has 0 atom stereocenters. The van der Waals surface area contributed by atoms with Crippen LogP contribution in [0.25, 0.3) is 11.0 Å². The Bertz CT molecular complexity index is 764. The summed E-state index contributed by atoms with van der Waals surface area (Å²) in [5, 5.41) is 3.62. The molecule has 128 valence electrons. The van der Waals surface area contributed by atoms with Gasteiger partial charge in [-0.3, -0.25) is 9.59 Å². The first-order chi connectivity index (χ1) is 11.5. The van der Waals surface area contributed by atoms with Crippen LogP contribution in [0.4, 0.5) is 0 Å². The highest BCUT2D eigenvalue weighted by Crippen LogP contribution is 2.33. The van der Waals surface area contributed by atoms with Crippen molar-refractivity contribution in [1.29, 1.82) is 0 Å². The van der Waals surface area contributed by atoms with Crippen LogP contribution in [-0.4, -0.2) is 44.0 Å². The maximum atomic E-state index is 11.8. The number of carbonyl (C=O) groups excluding carboxylic acids is 2. The number of furan rings is 1. The number of carbonyl (C=O) groups is 2. The number of hydrogen-bond acceptors (Lipinski definition) is 4. The molecule has 1 aliphatic rings. The Morgan fingerprint density at radius 1 is 1.25 bits per heavy atom. The molecule has 6 nitrogen and oxygen atoms in total. The van der Waals surface area contributed by atoms with Gasteiger partial charge in [-0.2, -0.15) is 0 Å². The lowest BCUT2D eigenvalue weighted by atomic mass is 9.96. The normalized spacial score (nSPS) is 13.4. The molecule has 3 rings (SSSR count). The fraction of sp³-hybridized carbons (Fsp3) is 0.444. The molecule has 1 heterocycles. The number of rotatable bonds is 5. The van der Waals surface area contributed by atoms with Crippen LogP contribution in [-0.2, 0) is 22.4 Å². The molecule has 0 bridgehead atoms. The largest absolute Gasteiger partial charge is 0.484 e. The SMILES string of the molecule is CN(C)C(=O)CNC(=O)COc1ccc2oc3c(c2c1)CCCC3. The van der Waals surface area contributed by atoms with Crippen LogP contribution in [0.15, 0.2) is 22.6 Å². The topological polar surface area (TPSA) is 71.8 Å². The van der Waals surface area contributed by atoms with E-state index in [-0.39, 0.29) is 25.0 Å². The molecule has 1 N–H and O–H groups in total. The average Bonchev–Trinajstić information content (AvgIpc) is 2.95.